The second-order valence-electron chi connectivity index (χ2n) is 6.32. The summed E-state index contributed by atoms with van der Waals surface area (Å²) in [6.45, 7) is 0. The maximum absolute atomic E-state index is 13.3. The first-order chi connectivity index (χ1) is 14.2. The summed E-state index contributed by atoms with van der Waals surface area (Å²) in [7, 11) is 1.61. The first kappa shape index (κ1) is 18.4. The molecule has 5 nitrogen and oxygen atoms in total. The van der Waals surface area contributed by atoms with E-state index in [1.165, 1.54) is 18.2 Å². The Kier molecular flexibility index (Phi) is 5.07. The first-order valence-corrected chi connectivity index (χ1v) is 9.00. The largest absolute Gasteiger partial charge is 0.497 e. The number of imidazole rings is 1. The van der Waals surface area contributed by atoms with Gasteiger partial charge in [-0.15, -0.1) is 0 Å². The van der Waals surface area contributed by atoms with Gasteiger partial charge in [0.15, 0.2) is 0 Å². The number of carbonyl (C=O) groups is 1. The summed E-state index contributed by atoms with van der Waals surface area (Å²) < 4.78 is 20.2. The van der Waals surface area contributed by atoms with Gasteiger partial charge >= 0.3 is 0 Å². The lowest BCUT2D eigenvalue weighted by atomic mass is 10.2. The van der Waals surface area contributed by atoms with Gasteiger partial charge in [0.25, 0.3) is 0 Å². The summed E-state index contributed by atoms with van der Waals surface area (Å²) in [4.78, 5) is 17.3. The van der Waals surface area contributed by atoms with E-state index in [2.05, 4.69) is 10.3 Å². The average molecular weight is 387 g/mol. The van der Waals surface area contributed by atoms with Crippen LogP contribution in [0.25, 0.3) is 16.9 Å². The number of rotatable bonds is 6. The Labute approximate surface area is 167 Å². The topological polar surface area (TPSA) is 55.6 Å². The van der Waals surface area contributed by atoms with Crippen molar-refractivity contribution in [2.45, 2.75) is 0 Å². The van der Waals surface area contributed by atoms with Crippen LogP contribution in [0.4, 0.5) is 10.1 Å². The number of allylic oxidation sites excluding steroid dienone is 1. The van der Waals surface area contributed by atoms with E-state index in [9.17, 15) is 9.18 Å². The highest BCUT2D eigenvalue weighted by Crippen LogP contribution is 2.23. The maximum atomic E-state index is 13.3. The summed E-state index contributed by atoms with van der Waals surface area (Å²) in [5, 5.41) is 3.06. The Morgan fingerprint density at radius 2 is 1.83 bits per heavy atom. The molecular weight excluding hydrogens is 369 g/mol. The molecule has 2 aromatic carbocycles. The number of halogens is 1. The lowest BCUT2D eigenvalue weighted by molar-refractivity contribution is 0.104. The van der Waals surface area contributed by atoms with Crippen molar-refractivity contribution in [3.63, 3.8) is 0 Å². The van der Waals surface area contributed by atoms with E-state index in [1.807, 2.05) is 53.1 Å². The predicted octanol–water partition coefficient (Wildman–Crippen LogP) is 4.96. The predicted molar refractivity (Wildman–Crippen MR) is 111 cm³/mol. The van der Waals surface area contributed by atoms with Crippen LogP contribution in [0.3, 0.4) is 0 Å². The SMILES string of the molecule is COc1ccc(N/C=C\C(=O)c2nc(-c3ccc(F)cc3)n3ccccc23)cc1. The minimum atomic E-state index is -0.321. The third kappa shape index (κ3) is 3.87. The normalized spacial score (nSPS) is 11.1. The van der Waals surface area contributed by atoms with Gasteiger partial charge in [-0.25, -0.2) is 9.37 Å². The van der Waals surface area contributed by atoms with Crippen molar-refractivity contribution < 1.29 is 13.9 Å². The van der Waals surface area contributed by atoms with E-state index in [0.29, 0.717) is 17.0 Å². The van der Waals surface area contributed by atoms with Crippen LogP contribution >= 0.6 is 0 Å². The molecule has 0 amide bonds. The Bertz CT molecular complexity index is 1180. The van der Waals surface area contributed by atoms with E-state index in [1.54, 1.807) is 25.4 Å². The van der Waals surface area contributed by atoms with Crippen LogP contribution in [0.2, 0.25) is 0 Å². The number of methoxy groups -OCH3 is 1. The van der Waals surface area contributed by atoms with E-state index in [0.717, 1.165) is 17.0 Å². The quantitative estimate of drug-likeness (QED) is 0.375. The highest BCUT2D eigenvalue weighted by Gasteiger charge is 2.16. The van der Waals surface area contributed by atoms with Gasteiger partial charge in [-0.1, -0.05) is 6.07 Å². The molecule has 2 aromatic heterocycles. The monoisotopic (exact) mass is 387 g/mol. The number of pyridine rings is 1. The van der Waals surface area contributed by atoms with Gasteiger partial charge in [0, 0.05) is 29.7 Å². The second kappa shape index (κ2) is 7.98. The van der Waals surface area contributed by atoms with E-state index >= 15 is 0 Å². The lowest BCUT2D eigenvalue weighted by Gasteiger charge is -2.02. The molecule has 0 atom stereocenters. The van der Waals surface area contributed by atoms with Crippen molar-refractivity contribution in [3.8, 4) is 17.1 Å². The van der Waals surface area contributed by atoms with Gasteiger partial charge in [0.05, 0.1) is 12.6 Å². The summed E-state index contributed by atoms with van der Waals surface area (Å²) in [6.07, 6.45) is 4.85. The van der Waals surface area contributed by atoms with Crippen LogP contribution in [0.1, 0.15) is 10.5 Å². The minimum absolute atomic E-state index is 0.233. The van der Waals surface area contributed by atoms with E-state index in [4.69, 9.17) is 4.74 Å². The Morgan fingerprint density at radius 1 is 1.07 bits per heavy atom. The molecule has 0 unspecified atom stereocenters. The third-order valence-electron chi connectivity index (χ3n) is 4.46. The van der Waals surface area contributed by atoms with Crippen LogP contribution in [-0.4, -0.2) is 22.3 Å². The summed E-state index contributed by atoms with van der Waals surface area (Å²) in [5.74, 6) is 0.787. The maximum Gasteiger partial charge on any atom is 0.207 e. The molecular formula is C23H18FN3O2. The second-order valence-corrected chi connectivity index (χ2v) is 6.32. The molecule has 0 saturated heterocycles. The summed E-state index contributed by atoms with van der Waals surface area (Å²) >= 11 is 0. The molecule has 0 aliphatic heterocycles. The highest BCUT2D eigenvalue weighted by molar-refractivity contribution is 6.08. The number of ether oxygens (including phenoxy) is 1. The third-order valence-corrected chi connectivity index (χ3v) is 4.46. The zero-order valence-corrected chi connectivity index (χ0v) is 15.7. The molecule has 144 valence electrons. The average Bonchev–Trinajstić information content (AvgIpc) is 3.14. The number of nitrogens with one attached hydrogen (secondary N) is 1. The molecule has 0 bridgehead atoms. The van der Waals surface area contributed by atoms with Crippen molar-refractivity contribution in [2.75, 3.05) is 12.4 Å². The van der Waals surface area contributed by atoms with Gasteiger partial charge in [-0.2, -0.15) is 0 Å². The Hall–Kier alpha value is -3.93. The van der Waals surface area contributed by atoms with Crippen LogP contribution in [0.15, 0.2) is 85.2 Å². The number of ketones is 1. The molecule has 29 heavy (non-hydrogen) atoms. The van der Waals surface area contributed by atoms with E-state index < -0.39 is 0 Å². The Balaban J connectivity index is 1.61. The highest BCUT2D eigenvalue weighted by atomic mass is 19.1. The number of benzene rings is 2. The van der Waals surface area contributed by atoms with Crippen LogP contribution in [-0.2, 0) is 0 Å². The number of hydrogen-bond acceptors (Lipinski definition) is 4. The first-order valence-electron chi connectivity index (χ1n) is 9.00. The van der Waals surface area contributed by atoms with Crippen molar-refractivity contribution in [3.05, 3.63) is 96.7 Å². The number of anilines is 1. The number of nitrogens with zero attached hydrogens (tertiary/aromatic N) is 2. The molecule has 0 spiro atoms. The number of carbonyl (C=O) groups excluding carboxylic acids is 1. The van der Waals surface area contributed by atoms with Gasteiger partial charge in [0.2, 0.25) is 5.78 Å². The van der Waals surface area contributed by atoms with Gasteiger partial charge < -0.3 is 10.1 Å². The molecule has 6 heteroatoms. The number of hydrogen-bond donors (Lipinski definition) is 1. The molecule has 0 saturated carbocycles. The van der Waals surface area contributed by atoms with Crippen LogP contribution in [0, 0.1) is 5.82 Å². The van der Waals surface area contributed by atoms with Gasteiger partial charge in [-0.3, -0.25) is 9.20 Å². The van der Waals surface area contributed by atoms with Gasteiger partial charge in [0.1, 0.15) is 23.1 Å². The molecule has 2 heterocycles. The molecule has 0 aliphatic rings. The standard InChI is InChI=1S/C23H18FN3O2/c1-29-19-11-9-18(10-12-19)25-14-13-21(28)22-20-4-2-3-15-27(20)23(26-22)16-5-7-17(24)8-6-16/h2-15,25H,1H3/b14-13-. The zero-order valence-electron chi connectivity index (χ0n) is 15.7. The number of fused-ring (bicyclic) bond motifs is 1. The molecule has 1 N–H and O–H groups in total. The fraction of sp³-hybridized carbons (Fsp3) is 0.0435. The van der Waals surface area contributed by atoms with Crippen molar-refractivity contribution in [2.24, 2.45) is 0 Å². The zero-order chi connectivity index (χ0) is 20.2. The van der Waals surface area contributed by atoms with Gasteiger partial charge in [-0.05, 0) is 60.7 Å². The summed E-state index contributed by atoms with van der Waals surface area (Å²) in [5.41, 5.74) is 2.58. The number of aromatic nitrogens is 2. The molecule has 0 radical (unpaired) electrons. The van der Waals surface area contributed by atoms with Crippen molar-refractivity contribution in [1.82, 2.24) is 9.38 Å². The fourth-order valence-electron chi connectivity index (χ4n) is 3.00. The summed E-state index contributed by atoms with van der Waals surface area (Å²) in [6, 6.07) is 18.9. The Morgan fingerprint density at radius 3 is 2.55 bits per heavy atom. The molecule has 0 aliphatic carbocycles. The van der Waals surface area contributed by atoms with Crippen LogP contribution < -0.4 is 10.1 Å². The van der Waals surface area contributed by atoms with Crippen molar-refractivity contribution >= 4 is 17.0 Å². The van der Waals surface area contributed by atoms with Crippen LogP contribution in [0.5, 0.6) is 5.75 Å². The lowest BCUT2D eigenvalue weighted by Crippen LogP contribution is -1.98. The molecule has 0 fully saturated rings. The fourth-order valence-corrected chi connectivity index (χ4v) is 3.00. The smallest absolute Gasteiger partial charge is 0.207 e. The molecule has 4 aromatic rings. The van der Waals surface area contributed by atoms with Crippen molar-refractivity contribution in [1.29, 1.82) is 0 Å². The molecule has 4 rings (SSSR count). The minimum Gasteiger partial charge on any atom is -0.497 e. The van der Waals surface area contributed by atoms with E-state index in [-0.39, 0.29) is 11.6 Å².